The standard InChI is InChI=1S/C15H11F2N5OS/c16-10-5-4-8(6-11(10)17)22-12-3-1-2-9(12)13(21-22)14(23)19-15-20-18-7-24-15/h4-7H,1-3H2,(H,19,20,23). The van der Waals surface area contributed by atoms with Crippen LogP contribution in [-0.4, -0.2) is 25.9 Å². The number of hydrogen-bond acceptors (Lipinski definition) is 5. The van der Waals surface area contributed by atoms with Gasteiger partial charge in [-0.3, -0.25) is 10.1 Å². The van der Waals surface area contributed by atoms with Crippen molar-refractivity contribution in [2.75, 3.05) is 5.32 Å². The van der Waals surface area contributed by atoms with Crippen molar-refractivity contribution < 1.29 is 13.6 Å². The van der Waals surface area contributed by atoms with Crippen molar-refractivity contribution in [2.45, 2.75) is 19.3 Å². The number of amides is 1. The summed E-state index contributed by atoms with van der Waals surface area (Å²) in [6.45, 7) is 0. The Balaban J connectivity index is 1.74. The second kappa shape index (κ2) is 5.75. The van der Waals surface area contributed by atoms with E-state index in [0.29, 0.717) is 10.8 Å². The monoisotopic (exact) mass is 347 g/mol. The molecule has 0 fully saturated rings. The third-order valence-electron chi connectivity index (χ3n) is 3.87. The molecule has 122 valence electrons. The van der Waals surface area contributed by atoms with Crippen LogP contribution in [0.5, 0.6) is 0 Å². The number of nitrogens with zero attached hydrogens (tertiary/aromatic N) is 4. The zero-order chi connectivity index (χ0) is 16.7. The first-order chi connectivity index (χ1) is 11.6. The molecule has 4 rings (SSSR count). The largest absolute Gasteiger partial charge is 0.295 e. The summed E-state index contributed by atoms with van der Waals surface area (Å²) in [6.07, 6.45) is 2.33. The summed E-state index contributed by atoms with van der Waals surface area (Å²) in [5.74, 6) is -2.25. The minimum atomic E-state index is -0.949. The van der Waals surface area contributed by atoms with Crippen LogP contribution in [0.25, 0.3) is 5.69 Å². The lowest BCUT2D eigenvalue weighted by Crippen LogP contribution is -2.15. The van der Waals surface area contributed by atoms with Gasteiger partial charge in [0.25, 0.3) is 5.91 Å². The summed E-state index contributed by atoms with van der Waals surface area (Å²) >= 11 is 1.21. The van der Waals surface area contributed by atoms with Crippen LogP contribution >= 0.6 is 11.3 Å². The van der Waals surface area contributed by atoms with Gasteiger partial charge in [-0.05, 0) is 31.4 Å². The summed E-state index contributed by atoms with van der Waals surface area (Å²) in [4.78, 5) is 12.5. The van der Waals surface area contributed by atoms with Crippen LogP contribution < -0.4 is 5.32 Å². The SMILES string of the molecule is O=C(Nc1nncs1)c1nn(-c2ccc(F)c(F)c2)c2c1CCC2. The van der Waals surface area contributed by atoms with Gasteiger partial charge in [0.1, 0.15) is 5.51 Å². The summed E-state index contributed by atoms with van der Waals surface area (Å²) in [6, 6.07) is 3.57. The summed E-state index contributed by atoms with van der Waals surface area (Å²) in [7, 11) is 0. The van der Waals surface area contributed by atoms with E-state index in [9.17, 15) is 13.6 Å². The quantitative estimate of drug-likeness (QED) is 0.791. The second-order valence-electron chi connectivity index (χ2n) is 5.34. The third-order valence-corrected chi connectivity index (χ3v) is 4.48. The highest BCUT2D eigenvalue weighted by Gasteiger charge is 2.27. The first-order valence-corrected chi connectivity index (χ1v) is 8.15. The van der Waals surface area contributed by atoms with Crippen molar-refractivity contribution in [1.82, 2.24) is 20.0 Å². The number of benzene rings is 1. The molecule has 2 heterocycles. The van der Waals surface area contributed by atoms with Crippen molar-refractivity contribution >= 4 is 22.4 Å². The molecule has 0 saturated carbocycles. The van der Waals surface area contributed by atoms with Crippen LogP contribution in [0.4, 0.5) is 13.9 Å². The summed E-state index contributed by atoms with van der Waals surface area (Å²) < 4.78 is 28.2. The van der Waals surface area contributed by atoms with E-state index in [0.717, 1.165) is 42.7 Å². The van der Waals surface area contributed by atoms with Crippen molar-refractivity contribution in [3.8, 4) is 5.69 Å². The Bertz CT molecular complexity index is 922. The molecule has 1 aliphatic rings. The van der Waals surface area contributed by atoms with Crippen LogP contribution in [0.3, 0.4) is 0 Å². The van der Waals surface area contributed by atoms with Gasteiger partial charge in [-0.2, -0.15) is 5.10 Å². The van der Waals surface area contributed by atoms with Gasteiger partial charge in [0.15, 0.2) is 17.3 Å². The fraction of sp³-hybridized carbons (Fsp3) is 0.200. The fourth-order valence-corrected chi connectivity index (χ4v) is 3.27. The van der Waals surface area contributed by atoms with Crippen LogP contribution in [-0.2, 0) is 12.8 Å². The molecule has 0 aliphatic heterocycles. The lowest BCUT2D eigenvalue weighted by Gasteiger charge is -2.05. The molecule has 0 unspecified atom stereocenters. The van der Waals surface area contributed by atoms with E-state index in [4.69, 9.17) is 0 Å². The number of nitrogens with one attached hydrogen (secondary N) is 1. The number of anilines is 1. The second-order valence-corrected chi connectivity index (χ2v) is 6.17. The van der Waals surface area contributed by atoms with Crippen molar-refractivity contribution in [3.05, 3.63) is 52.3 Å². The zero-order valence-electron chi connectivity index (χ0n) is 12.3. The lowest BCUT2D eigenvalue weighted by molar-refractivity contribution is 0.102. The van der Waals surface area contributed by atoms with Crippen molar-refractivity contribution in [1.29, 1.82) is 0 Å². The van der Waals surface area contributed by atoms with E-state index < -0.39 is 11.6 Å². The Kier molecular flexibility index (Phi) is 3.57. The number of fused-ring (bicyclic) bond motifs is 1. The molecule has 0 saturated heterocycles. The number of halogens is 2. The van der Waals surface area contributed by atoms with Gasteiger partial charge >= 0.3 is 0 Å². The van der Waals surface area contributed by atoms with Crippen LogP contribution in [0.1, 0.15) is 28.2 Å². The fourth-order valence-electron chi connectivity index (χ4n) is 2.83. The van der Waals surface area contributed by atoms with Crippen molar-refractivity contribution in [3.63, 3.8) is 0 Å². The predicted octanol–water partition coefficient (Wildman–Crippen LogP) is 2.74. The van der Waals surface area contributed by atoms with Crippen LogP contribution in [0.15, 0.2) is 23.7 Å². The highest BCUT2D eigenvalue weighted by atomic mass is 32.1. The maximum absolute atomic E-state index is 13.5. The number of aromatic nitrogens is 4. The zero-order valence-corrected chi connectivity index (χ0v) is 13.1. The topological polar surface area (TPSA) is 72.7 Å². The Labute approximate surface area is 139 Å². The van der Waals surface area contributed by atoms with Crippen LogP contribution in [0.2, 0.25) is 0 Å². The van der Waals surface area contributed by atoms with E-state index in [-0.39, 0.29) is 11.6 Å². The molecule has 0 radical (unpaired) electrons. The molecule has 9 heteroatoms. The van der Waals surface area contributed by atoms with Gasteiger partial charge in [-0.15, -0.1) is 10.2 Å². The normalized spacial score (nSPS) is 13.1. The van der Waals surface area contributed by atoms with E-state index in [1.807, 2.05) is 0 Å². The molecule has 0 atom stereocenters. The van der Waals surface area contributed by atoms with E-state index in [2.05, 4.69) is 20.6 Å². The molecule has 3 aromatic rings. The molecule has 6 nitrogen and oxygen atoms in total. The number of hydrogen-bond donors (Lipinski definition) is 1. The smallest absolute Gasteiger partial charge is 0.278 e. The van der Waals surface area contributed by atoms with Gasteiger partial charge < -0.3 is 0 Å². The molecule has 2 aromatic heterocycles. The minimum absolute atomic E-state index is 0.280. The van der Waals surface area contributed by atoms with Gasteiger partial charge in [0, 0.05) is 17.3 Å². The number of carbonyl (C=O) groups excluding carboxylic acids is 1. The molecular formula is C15H11F2N5OS. The molecule has 0 bridgehead atoms. The predicted molar refractivity (Wildman–Crippen MR) is 83.4 cm³/mol. The first-order valence-electron chi connectivity index (χ1n) is 7.27. The lowest BCUT2D eigenvalue weighted by atomic mass is 10.2. The Morgan fingerprint density at radius 2 is 2.12 bits per heavy atom. The summed E-state index contributed by atoms with van der Waals surface area (Å²) in [5, 5.41) is 14.8. The first kappa shape index (κ1) is 14.9. The number of carbonyl (C=O) groups is 1. The van der Waals surface area contributed by atoms with Crippen molar-refractivity contribution in [2.24, 2.45) is 0 Å². The molecule has 1 aliphatic carbocycles. The molecule has 1 amide bonds. The summed E-state index contributed by atoms with van der Waals surface area (Å²) in [5.41, 5.74) is 3.87. The van der Waals surface area contributed by atoms with E-state index >= 15 is 0 Å². The Morgan fingerprint density at radius 3 is 2.88 bits per heavy atom. The highest BCUT2D eigenvalue weighted by molar-refractivity contribution is 7.13. The van der Waals surface area contributed by atoms with Gasteiger partial charge in [-0.1, -0.05) is 11.3 Å². The molecule has 1 aromatic carbocycles. The van der Waals surface area contributed by atoms with E-state index in [1.165, 1.54) is 27.6 Å². The molecular weight excluding hydrogens is 336 g/mol. The molecule has 0 spiro atoms. The highest BCUT2D eigenvalue weighted by Crippen LogP contribution is 2.28. The van der Waals surface area contributed by atoms with Crippen LogP contribution in [0, 0.1) is 11.6 Å². The maximum Gasteiger partial charge on any atom is 0.278 e. The maximum atomic E-state index is 13.5. The average molecular weight is 347 g/mol. The average Bonchev–Trinajstić information content (AvgIpc) is 3.26. The minimum Gasteiger partial charge on any atom is -0.295 e. The van der Waals surface area contributed by atoms with Gasteiger partial charge in [-0.25, -0.2) is 13.5 Å². The number of rotatable bonds is 3. The Hall–Kier alpha value is -2.68. The van der Waals surface area contributed by atoms with Gasteiger partial charge in [0.05, 0.1) is 5.69 Å². The Morgan fingerprint density at radius 1 is 1.25 bits per heavy atom. The van der Waals surface area contributed by atoms with Gasteiger partial charge in [0.2, 0.25) is 5.13 Å². The van der Waals surface area contributed by atoms with E-state index in [1.54, 1.807) is 0 Å². The molecule has 1 N–H and O–H groups in total. The third kappa shape index (κ3) is 2.46. The molecule has 24 heavy (non-hydrogen) atoms.